The summed E-state index contributed by atoms with van der Waals surface area (Å²) in [5, 5.41) is 12.7. The number of nitrogens with one attached hydrogen (secondary N) is 1. The van der Waals surface area contributed by atoms with E-state index in [1.54, 1.807) is 18.2 Å². The summed E-state index contributed by atoms with van der Waals surface area (Å²) in [6.07, 6.45) is 3.47. The predicted molar refractivity (Wildman–Crippen MR) is 212 cm³/mol. The molecule has 0 unspecified atom stereocenters. The van der Waals surface area contributed by atoms with Gasteiger partial charge in [-0.2, -0.15) is 5.26 Å². The Kier molecular flexibility index (Phi) is 12.5. The van der Waals surface area contributed by atoms with Crippen molar-refractivity contribution in [2.75, 3.05) is 36.2 Å². The number of nitriles is 1. The van der Waals surface area contributed by atoms with Gasteiger partial charge in [-0.05, 0) is 118 Å². The molecule has 2 fully saturated rings. The van der Waals surface area contributed by atoms with Crippen LogP contribution in [0.4, 0.5) is 11.4 Å². The first-order valence-electron chi connectivity index (χ1n) is 18.0. The van der Waals surface area contributed by atoms with E-state index in [4.69, 9.17) is 33.3 Å². The number of ether oxygens (including phenoxy) is 2. The molecule has 3 aromatic rings. The van der Waals surface area contributed by atoms with Crippen LogP contribution in [0.2, 0.25) is 5.02 Å². The molecule has 0 bridgehead atoms. The average molecular weight is 758 g/mol. The molecule has 2 atom stereocenters. The van der Waals surface area contributed by atoms with Crippen LogP contribution in [0.1, 0.15) is 72.8 Å². The minimum absolute atomic E-state index is 0.0228. The van der Waals surface area contributed by atoms with Gasteiger partial charge in [0.05, 0.1) is 22.9 Å². The summed E-state index contributed by atoms with van der Waals surface area (Å²) in [7, 11) is 0. The van der Waals surface area contributed by atoms with Gasteiger partial charge in [0, 0.05) is 24.9 Å². The van der Waals surface area contributed by atoms with Crippen LogP contribution in [0, 0.1) is 16.7 Å². The van der Waals surface area contributed by atoms with Crippen molar-refractivity contribution < 1.29 is 23.9 Å². The van der Waals surface area contributed by atoms with E-state index < -0.39 is 17.0 Å². The van der Waals surface area contributed by atoms with Gasteiger partial charge in [-0.25, -0.2) is 0 Å². The van der Waals surface area contributed by atoms with Crippen molar-refractivity contribution in [1.29, 1.82) is 5.26 Å². The molecule has 0 aliphatic carbocycles. The van der Waals surface area contributed by atoms with Gasteiger partial charge in [-0.3, -0.25) is 19.3 Å². The molecular weight excluding hydrogens is 710 g/mol. The maximum absolute atomic E-state index is 13.5. The van der Waals surface area contributed by atoms with E-state index in [2.05, 4.69) is 12.2 Å². The molecule has 2 aliphatic heterocycles. The third-order valence-electron chi connectivity index (χ3n) is 9.75. The lowest BCUT2D eigenvalue weighted by Gasteiger charge is -2.35. The summed E-state index contributed by atoms with van der Waals surface area (Å²) in [5.41, 5.74) is 2.27. The first-order valence-corrected chi connectivity index (χ1v) is 18.8. The molecule has 2 aliphatic rings. The molecule has 1 N–H and O–H groups in total. The van der Waals surface area contributed by atoms with E-state index in [0.717, 1.165) is 54.8 Å². The Hall–Kier alpha value is -4.50. The zero-order chi connectivity index (χ0) is 38.5. The van der Waals surface area contributed by atoms with Crippen LogP contribution < -0.4 is 19.9 Å². The number of benzene rings is 3. The quantitative estimate of drug-likeness (QED) is 0.141. The molecule has 0 aromatic heterocycles. The van der Waals surface area contributed by atoms with Crippen molar-refractivity contribution in [2.24, 2.45) is 5.41 Å². The number of hydrogen-bond acceptors (Lipinski definition) is 7. The molecule has 12 heteroatoms. The van der Waals surface area contributed by atoms with Gasteiger partial charge in [0.25, 0.3) is 5.91 Å². The van der Waals surface area contributed by atoms with Gasteiger partial charge in [0.15, 0.2) is 5.11 Å². The number of carbonyl (C=O) groups excluding carboxylic acids is 3. The highest BCUT2D eigenvalue weighted by atomic mass is 35.5. The van der Waals surface area contributed by atoms with Gasteiger partial charge in [-0.15, -0.1) is 0 Å². The number of hydrogen-bond donors (Lipinski definition) is 1. The van der Waals surface area contributed by atoms with Crippen molar-refractivity contribution in [1.82, 2.24) is 10.2 Å². The lowest BCUT2D eigenvalue weighted by molar-refractivity contribution is -0.141. The molecular formula is C41H48ClN5O5S. The number of halogens is 1. The highest BCUT2D eigenvalue weighted by molar-refractivity contribution is 7.81. The molecule has 280 valence electrons. The second-order valence-electron chi connectivity index (χ2n) is 15.2. The SMILES string of the molecule is C[C@@H]1CCCN1C(=O)[C@@H](NC(=O)COCCCCOc1ccc(-c2ccc(N3C(=S)N(c4ccc(C#N)c(Cl)c4)C(=O)C3(C)C)cc2)cc1)C(C)(C)C. The van der Waals surface area contributed by atoms with Crippen molar-refractivity contribution in [3.63, 3.8) is 0 Å². The number of unbranched alkanes of at least 4 members (excludes halogenated alkanes) is 1. The van der Waals surface area contributed by atoms with Crippen molar-refractivity contribution in [3.05, 3.63) is 77.3 Å². The number of rotatable bonds is 13. The minimum Gasteiger partial charge on any atom is -0.494 e. The minimum atomic E-state index is -0.943. The summed E-state index contributed by atoms with van der Waals surface area (Å²) in [6.45, 7) is 13.2. The molecule has 10 nitrogen and oxygen atoms in total. The van der Waals surface area contributed by atoms with Gasteiger partial charge in [0.1, 0.15) is 30.0 Å². The molecule has 5 rings (SSSR count). The van der Waals surface area contributed by atoms with E-state index in [9.17, 15) is 19.6 Å². The molecule has 2 heterocycles. The molecule has 0 radical (unpaired) electrons. The third kappa shape index (κ3) is 9.01. The van der Waals surface area contributed by atoms with Gasteiger partial charge >= 0.3 is 0 Å². The Morgan fingerprint density at radius 1 is 1.02 bits per heavy atom. The number of thiocarbonyl (C=S) groups is 1. The van der Waals surface area contributed by atoms with Crippen molar-refractivity contribution >= 4 is 58.0 Å². The average Bonchev–Trinajstić information content (AvgIpc) is 3.62. The number of amides is 3. The molecule has 2 saturated heterocycles. The fourth-order valence-electron chi connectivity index (χ4n) is 6.68. The van der Waals surface area contributed by atoms with Gasteiger partial charge < -0.3 is 24.6 Å². The largest absolute Gasteiger partial charge is 0.494 e. The first kappa shape index (κ1) is 39.7. The predicted octanol–water partition coefficient (Wildman–Crippen LogP) is 7.51. The lowest BCUT2D eigenvalue weighted by atomic mass is 9.85. The molecule has 3 amide bonds. The Balaban J connectivity index is 1.07. The standard InChI is InChI=1S/C41H48ClN5O5S/c1-27-10-9-21-45(27)37(49)36(40(2,3)4)44-35(48)26-51-22-7-8-23-52-33-19-14-29(15-20-33)28-11-16-31(17-12-28)47-39(53)46(38(50)41(47,5)6)32-18-13-30(25-43)34(42)24-32/h11-20,24,27,36H,7-10,21-23,26H2,1-6H3,(H,44,48)/t27-,36-/m1/s1. The van der Waals surface area contributed by atoms with Crippen LogP contribution in [0.15, 0.2) is 66.7 Å². The zero-order valence-corrected chi connectivity index (χ0v) is 32.9. The number of likely N-dealkylation sites (tertiary alicyclic amines) is 1. The molecule has 0 saturated carbocycles. The molecule has 3 aromatic carbocycles. The summed E-state index contributed by atoms with van der Waals surface area (Å²) >= 11 is 12.1. The lowest BCUT2D eigenvalue weighted by Crippen LogP contribution is -2.56. The van der Waals surface area contributed by atoms with Crippen LogP contribution in [0.5, 0.6) is 5.75 Å². The fourth-order valence-corrected chi connectivity index (χ4v) is 7.41. The Labute approximate surface area is 323 Å². The topological polar surface area (TPSA) is 115 Å². The molecule has 0 spiro atoms. The smallest absolute Gasteiger partial charge is 0.259 e. The fraction of sp³-hybridized carbons (Fsp3) is 0.439. The maximum Gasteiger partial charge on any atom is 0.259 e. The Morgan fingerprint density at radius 3 is 2.23 bits per heavy atom. The zero-order valence-electron chi connectivity index (χ0n) is 31.3. The van der Waals surface area contributed by atoms with E-state index in [0.29, 0.717) is 29.6 Å². The van der Waals surface area contributed by atoms with Crippen LogP contribution in [0.3, 0.4) is 0 Å². The second kappa shape index (κ2) is 16.7. The van der Waals surface area contributed by atoms with Crippen LogP contribution in [-0.4, -0.2) is 71.7 Å². The highest BCUT2D eigenvalue weighted by Gasteiger charge is 2.50. The number of anilines is 2. The number of carbonyl (C=O) groups is 3. The maximum atomic E-state index is 13.5. The monoisotopic (exact) mass is 757 g/mol. The van der Waals surface area contributed by atoms with Gasteiger partial charge in [-0.1, -0.05) is 56.6 Å². The summed E-state index contributed by atoms with van der Waals surface area (Å²) in [4.78, 5) is 44.6. The third-order valence-corrected chi connectivity index (χ3v) is 10.4. The van der Waals surface area contributed by atoms with E-state index in [1.807, 2.05) is 99.0 Å². The van der Waals surface area contributed by atoms with Crippen LogP contribution in [-0.2, 0) is 19.1 Å². The van der Waals surface area contributed by atoms with E-state index in [-0.39, 0.29) is 35.4 Å². The Bertz CT molecular complexity index is 1870. The summed E-state index contributed by atoms with van der Waals surface area (Å²) < 4.78 is 11.6. The van der Waals surface area contributed by atoms with Crippen LogP contribution >= 0.6 is 23.8 Å². The summed E-state index contributed by atoms with van der Waals surface area (Å²) in [6, 6.07) is 22.2. The summed E-state index contributed by atoms with van der Waals surface area (Å²) in [5.74, 6) is 0.253. The first-order chi connectivity index (χ1) is 25.1. The normalized spacial score (nSPS) is 17.5. The van der Waals surface area contributed by atoms with E-state index >= 15 is 0 Å². The van der Waals surface area contributed by atoms with Crippen LogP contribution in [0.25, 0.3) is 11.1 Å². The second-order valence-corrected chi connectivity index (χ2v) is 15.9. The van der Waals surface area contributed by atoms with Crippen molar-refractivity contribution in [3.8, 4) is 22.9 Å². The number of nitrogens with zero attached hydrogens (tertiary/aromatic N) is 4. The van der Waals surface area contributed by atoms with Gasteiger partial charge in [0.2, 0.25) is 11.8 Å². The van der Waals surface area contributed by atoms with Crippen molar-refractivity contribution in [2.45, 2.75) is 84.8 Å². The molecule has 53 heavy (non-hydrogen) atoms. The Morgan fingerprint density at radius 2 is 1.64 bits per heavy atom. The highest BCUT2D eigenvalue weighted by Crippen LogP contribution is 2.38. The van der Waals surface area contributed by atoms with E-state index in [1.165, 1.54) is 4.90 Å².